The van der Waals surface area contributed by atoms with Gasteiger partial charge in [0.2, 0.25) is 0 Å². The molecule has 0 radical (unpaired) electrons. The lowest BCUT2D eigenvalue weighted by Crippen LogP contribution is -2.13. The van der Waals surface area contributed by atoms with Crippen LogP contribution < -0.4 is 9.47 Å². The summed E-state index contributed by atoms with van der Waals surface area (Å²) in [5.41, 5.74) is 4.40. The number of benzene rings is 4. The molecule has 4 nitrogen and oxygen atoms in total. The Morgan fingerprint density at radius 1 is 0.781 bits per heavy atom. The lowest BCUT2D eigenvalue weighted by atomic mass is 10.1. The molecule has 1 heterocycles. The summed E-state index contributed by atoms with van der Waals surface area (Å²) in [4.78, 5) is 4.85. The molecule has 0 saturated heterocycles. The van der Waals surface area contributed by atoms with Crippen LogP contribution in [0.25, 0.3) is 21.8 Å². The van der Waals surface area contributed by atoms with Crippen molar-refractivity contribution in [3.63, 3.8) is 0 Å². The summed E-state index contributed by atoms with van der Waals surface area (Å²) in [6.07, 6.45) is 0. The number of fused-ring (bicyclic) bond motifs is 2. The van der Waals surface area contributed by atoms with E-state index in [1.807, 2.05) is 42.5 Å². The molecule has 0 aliphatic heterocycles. The van der Waals surface area contributed by atoms with E-state index in [0.29, 0.717) is 19.8 Å². The van der Waals surface area contributed by atoms with Crippen molar-refractivity contribution in [2.75, 3.05) is 6.61 Å². The van der Waals surface area contributed by atoms with Crippen molar-refractivity contribution in [1.82, 2.24) is 9.55 Å². The first kappa shape index (κ1) is 20.1. The maximum Gasteiger partial charge on any atom is 0.148 e. The molecule has 32 heavy (non-hydrogen) atoms. The zero-order valence-corrected chi connectivity index (χ0v) is 18.4. The van der Waals surface area contributed by atoms with Crippen LogP contribution in [0.3, 0.4) is 0 Å². The Morgan fingerprint density at radius 2 is 1.59 bits per heavy atom. The Kier molecular flexibility index (Phi) is 5.51. The first-order valence-corrected chi connectivity index (χ1v) is 10.9. The number of aromatic nitrogens is 2. The van der Waals surface area contributed by atoms with Gasteiger partial charge in [-0.1, -0.05) is 60.7 Å². The van der Waals surface area contributed by atoms with Crippen LogP contribution >= 0.6 is 0 Å². The largest absolute Gasteiger partial charge is 0.491 e. The molecule has 4 heteroatoms. The second-order valence-electron chi connectivity index (χ2n) is 8.05. The van der Waals surface area contributed by atoms with E-state index in [4.69, 9.17) is 14.5 Å². The summed E-state index contributed by atoms with van der Waals surface area (Å²) < 4.78 is 14.6. The molecule has 160 valence electrons. The zero-order chi connectivity index (χ0) is 21.9. The Balaban J connectivity index is 1.38. The van der Waals surface area contributed by atoms with Crippen molar-refractivity contribution in [2.45, 2.75) is 27.0 Å². The molecule has 0 N–H and O–H groups in total. The molecular weight excluding hydrogens is 396 g/mol. The molecule has 5 aromatic rings. The van der Waals surface area contributed by atoms with E-state index in [2.05, 4.69) is 60.9 Å². The average Bonchev–Trinajstić information content (AvgIpc) is 3.17. The van der Waals surface area contributed by atoms with E-state index in [1.165, 1.54) is 10.9 Å². The fraction of sp³-hybridized carbons (Fsp3) is 0.179. The predicted molar refractivity (Wildman–Crippen MR) is 129 cm³/mol. The first-order valence-electron chi connectivity index (χ1n) is 10.9. The third-order valence-corrected chi connectivity index (χ3v) is 5.76. The normalized spacial score (nSPS) is 11.2. The Hall–Kier alpha value is -3.79. The monoisotopic (exact) mass is 422 g/mol. The van der Waals surface area contributed by atoms with Gasteiger partial charge in [-0.2, -0.15) is 0 Å². The first-order chi connectivity index (χ1) is 15.7. The Bertz CT molecular complexity index is 1380. The van der Waals surface area contributed by atoms with Crippen LogP contribution in [-0.2, 0) is 13.2 Å². The van der Waals surface area contributed by atoms with Crippen LogP contribution in [0.5, 0.6) is 11.5 Å². The maximum atomic E-state index is 6.25. The third-order valence-electron chi connectivity index (χ3n) is 5.76. The Labute approximate surface area is 188 Å². The molecular formula is C28H26N2O2. The highest BCUT2D eigenvalue weighted by molar-refractivity contribution is 5.88. The van der Waals surface area contributed by atoms with Crippen molar-refractivity contribution in [3.8, 4) is 11.5 Å². The molecule has 1 aromatic heterocycles. The second-order valence-corrected chi connectivity index (χ2v) is 8.05. The summed E-state index contributed by atoms with van der Waals surface area (Å²) in [6, 6.07) is 28.9. The zero-order valence-electron chi connectivity index (χ0n) is 18.4. The number of hydrogen-bond acceptors (Lipinski definition) is 3. The van der Waals surface area contributed by atoms with E-state index in [0.717, 1.165) is 39.3 Å². The van der Waals surface area contributed by atoms with E-state index >= 15 is 0 Å². The Morgan fingerprint density at radius 3 is 2.53 bits per heavy atom. The van der Waals surface area contributed by atoms with Gasteiger partial charge in [0.05, 0.1) is 17.6 Å². The highest BCUT2D eigenvalue weighted by Crippen LogP contribution is 2.26. The standard InChI is InChI=1S/C28H26N2O2/c1-20-14-15-21(2)27(18-20)31-17-16-30-25-12-6-5-11-24(25)29-28(30)19-32-26-13-7-9-22-8-3-4-10-23(22)26/h3-15,18H,16-17,19H2,1-2H3. The minimum absolute atomic E-state index is 0.395. The minimum atomic E-state index is 0.395. The van der Waals surface area contributed by atoms with Gasteiger partial charge in [0.1, 0.15) is 30.5 Å². The number of nitrogens with zero attached hydrogens (tertiary/aromatic N) is 2. The molecule has 0 saturated carbocycles. The quantitative estimate of drug-likeness (QED) is 0.302. The van der Waals surface area contributed by atoms with Gasteiger partial charge in [0, 0.05) is 5.39 Å². The van der Waals surface area contributed by atoms with Gasteiger partial charge in [0.25, 0.3) is 0 Å². The minimum Gasteiger partial charge on any atom is -0.491 e. The van der Waals surface area contributed by atoms with Crippen molar-refractivity contribution in [1.29, 1.82) is 0 Å². The number of rotatable bonds is 7. The third kappa shape index (κ3) is 4.04. The van der Waals surface area contributed by atoms with Gasteiger partial charge in [-0.25, -0.2) is 4.98 Å². The fourth-order valence-electron chi connectivity index (χ4n) is 4.06. The number of hydrogen-bond donors (Lipinski definition) is 0. The summed E-state index contributed by atoms with van der Waals surface area (Å²) >= 11 is 0. The van der Waals surface area contributed by atoms with Crippen molar-refractivity contribution >= 4 is 21.8 Å². The molecule has 0 amide bonds. The molecule has 0 bridgehead atoms. The molecule has 0 atom stereocenters. The van der Waals surface area contributed by atoms with Gasteiger partial charge >= 0.3 is 0 Å². The smallest absolute Gasteiger partial charge is 0.148 e. The highest BCUT2D eigenvalue weighted by atomic mass is 16.5. The lowest BCUT2D eigenvalue weighted by molar-refractivity contribution is 0.273. The van der Waals surface area contributed by atoms with Crippen LogP contribution in [0, 0.1) is 13.8 Å². The summed E-state index contributed by atoms with van der Waals surface area (Å²) in [5, 5.41) is 2.27. The van der Waals surface area contributed by atoms with Crippen LogP contribution in [0.2, 0.25) is 0 Å². The number of imidazole rings is 1. The van der Waals surface area contributed by atoms with Crippen molar-refractivity contribution in [2.24, 2.45) is 0 Å². The summed E-state index contributed by atoms with van der Waals surface area (Å²) in [5.74, 6) is 2.69. The fourth-order valence-corrected chi connectivity index (χ4v) is 4.06. The van der Waals surface area contributed by atoms with Gasteiger partial charge < -0.3 is 14.0 Å². The topological polar surface area (TPSA) is 36.3 Å². The molecule has 0 unspecified atom stereocenters. The average molecular weight is 423 g/mol. The highest BCUT2D eigenvalue weighted by Gasteiger charge is 2.12. The van der Waals surface area contributed by atoms with Crippen LogP contribution in [0.4, 0.5) is 0 Å². The van der Waals surface area contributed by atoms with Gasteiger partial charge in [0.15, 0.2) is 0 Å². The van der Waals surface area contributed by atoms with E-state index in [9.17, 15) is 0 Å². The van der Waals surface area contributed by atoms with Gasteiger partial charge in [-0.05, 0) is 54.6 Å². The molecule has 0 spiro atoms. The van der Waals surface area contributed by atoms with Crippen LogP contribution in [0.1, 0.15) is 17.0 Å². The molecule has 4 aromatic carbocycles. The van der Waals surface area contributed by atoms with Gasteiger partial charge in [-0.15, -0.1) is 0 Å². The molecule has 5 rings (SSSR count). The molecule has 0 aliphatic carbocycles. The molecule has 0 aliphatic rings. The SMILES string of the molecule is Cc1ccc(C)c(OCCn2c(COc3cccc4ccccc34)nc3ccccc32)c1. The van der Waals surface area contributed by atoms with Crippen LogP contribution in [0.15, 0.2) is 84.9 Å². The number of aryl methyl sites for hydroxylation is 2. The molecule has 0 fully saturated rings. The summed E-state index contributed by atoms with van der Waals surface area (Å²) in [6.45, 7) is 5.81. The van der Waals surface area contributed by atoms with E-state index < -0.39 is 0 Å². The second kappa shape index (κ2) is 8.75. The number of para-hydroxylation sites is 2. The predicted octanol–water partition coefficient (Wildman–Crippen LogP) is 6.46. The van der Waals surface area contributed by atoms with Gasteiger partial charge in [-0.3, -0.25) is 0 Å². The van der Waals surface area contributed by atoms with E-state index in [-0.39, 0.29) is 0 Å². The van der Waals surface area contributed by atoms with Crippen LogP contribution in [-0.4, -0.2) is 16.2 Å². The number of ether oxygens (including phenoxy) is 2. The maximum absolute atomic E-state index is 6.25. The van der Waals surface area contributed by atoms with Crippen molar-refractivity contribution in [3.05, 3.63) is 102 Å². The summed E-state index contributed by atoms with van der Waals surface area (Å²) in [7, 11) is 0. The van der Waals surface area contributed by atoms with Crippen molar-refractivity contribution < 1.29 is 9.47 Å². The van der Waals surface area contributed by atoms with E-state index in [1.54, 1.807) is 0 Å². The lowest BCUT2D eigenvalue weighted by Gasteiger charge is -2.14.